The summed E-state index contributed by atoms with van der Waals surface area (Å²) >= 11 is 2.59. The first-order chi connectivity index (χ1) is 16.3. The quantitative estimate of drug-likeness (QED) is 0.455. The van der Waals surface area contributed by atoms with Crippen LogP contribution >= 0.6 is 23.5 Å². The van der Waals surface area contributed by atoms with E-state index in [1.807, 2.05) is 10.4 Å². The molecule has 12 heteroatoms. The van der Waals surface area contributed by atoms with E-state index in [9.17, 15) is 18.4 Å². The fraction of sp³-hybridized carbons (Fsp3) is 0.318. The Labute approximate surface area is 203 Å². The maximum atomic E-state index is 13.7. The number of nitrogens with one attached hydrogen (secondary N) is 2. The van der Waals surface area contributed by atoms with Crippen LogP contribution in [0.3, 0.4) is 0 Å². The van der Waals surface area contributed by atoms with E-state index in [-0.39, 0.29) is 18.1 Å². The standard InChI is InChI=1S/C22H23F2N5O3S2/c1-28(16-3-4-20-18(9-16)25-12-33-20)21(30)19(7-13-5-14(23)8-15(24)6-13)26-22(31)27-34-29-10-17(11-29)32-2/h3-6,8-9,12,17,19H,7,10-11H2,1-2H3,(H2,26,27,31)/t19-/m0/s1. The third-order valence-electron chi connectivity index (χ3n) is 5.41. The average molecular weight is 508 g/mol. The molecule has 0 bridgehead atoms. The van der Waals surface area contributed by atoms with E-state index in [0.717, 1.165) is 40.5 Å². The van der Waals surface area contributed by atoms with E-state index in [0.29, 0.717) is 18.8 Å². The van der Waals surface area contributed by atoms with Crippen molar-refractivity contribution in [3.63, 3.8) is 0 Å². The van der Waals surface area contributed by atoms with Gasteiger partial charge in [-0.25, -0.2) is 22.9 Å². The van der Waals surface area contributed by atoms with Crippen molar-refractivity contribution in [3.8, 4) is 0 Å². The Hall–Kier alpha value is -2.80. The zero-order chi connectivity index (χ0) is 24.2. The second kappa shape index (κ2) is 10.6. The fourth-order valence-electron chi connectivity index (χ4n) is 3.50. The highest BCUT2D eigenvalue weighted by atomic mass is 32.2. The molecule has 0 spiro atoms. The molecular weight excluding hydrogens is 484 g/mol. The number of ether oxygens (including phenoxy) is 1. The number of anilines is 1. The number of benzene rings is 2. The molecule has 3 amide bonds. The van der Waals surface area contributed by atoms with Crippen molar-refractivity contribution in [2.24, 2.45) is 0 Å². The van der Waals surface area contributed by atoms with Crippen molar-refractivity contribution in [3.05, 3.63) is 59.1 Å². The molecule has 0 saturated carbocycles. The number of hydrogen-bond acceptors (Lipinski definition) is 7. The molecule has 4 rings (SSSR count). The van der Waals surface area contributed by atoms with Crippen molar-refractivity contribution in [2.45, 2.75) is 18.6 Å². The van der Waals surface area contributed by atoms with Gasteiger partial charge in [-0.1, -0.05) is 0 Å². The van der Waals surface area contributed by atoms with Gasteiger partial charge in [0.05, 0.1) is 21.8 Å². The highest BCUT2D eigenvalue weighted by Crippen LogP contribution is 2.24. The topological polar surface area (TPSA) is 86.8 Å². The second-order valence-electron chi connectivity index (χ2n) is 7.81. The van der Waals surface area contributed by atoms with E-state index in [1.54, 1.807) is 31.8 Å². The van der Waals surface area contributed by atoms with Crippen LogP contribution in [0, 0.1) is 11.6 Å². The van der Waals surface area contributed by atoms with Gasteiger partial charge in [0.1, 0.15) is 17.7 Å². The number of likely N-dealkylation sites (N-methyl/N-ethyl adjacent to an activating group) is 1. The Morgan fingerprint density at radius 1 is 1.26 bits per heavy atom. The summed E-state index contributed by atoms with van der Waals surface area (Å²) in [5.41, 5.74) is 3.30. The average Bonchev–Trinajstić information content (AvgIpc) is 3.24. The minimum absolute atomic E-state index is 0.0929. The van der Waals surface area contributed by atoms with Crippen LogP contribution in [0.15, 0.2) is 41.9 Å². The zero-order valence-corrected chi connectivity index (χ0v) is 20.1. The molecule has 1 atom stereocenters. The van der Waals surface area contributed by atoms with Gasteiger partial charge in [0, 0.05) is 57.6 Å². The molecule has 180 valence electrons. The summed E-state index contributed by atoms with van der Waals surface area (Å²) in [7, 11) is 3.20. The first-order valence-electron chi connectivity index (χ1n) is 10.4. The van der Waals surface area contributed by atoms with Crippen LogP contribution in [0.25, 0.3) is 10.2 Å². The fourth-order valence-corrected chi connectivity index (χ4v) is 4.91. The van der Waals surface area contributed by atoms with Gasteiger partial charge in [-0.05, 0) is 35.9 Å². The summed E-state index contributed by atoms with van der Waals surface area (Å²) in [6.45, 7) is 1.32. The molecule has 2 N–H and O–H groups in total. The predicted molar refractivity (Wildman–Crippen MR) is 129 cm³/mol. The number of amides is 3. The highest BCUT2D eigenvalue weighted by Gasteiger charge is 2.29. The lowest BCUT2D eigenvalue weighted by molar-refractivity contribution is -0.120. The first kappa shape index (κ1) is 24.3. The molecule has 1 fully saturated rings. The molecule has 2 aromatic carbocycles. The molecule has 1 aliphatic heterocycles. The Bertz CT molecular complexity index is 1170. The van der Waals surface area contributed by atoms with Gasteiger partial charge in [-0.2, -0.15) is 0 Å². The Morgan fingerprint density at radius 3 is 2.71 bits per heavy atom. The van der Waals surface area contributed by atoms with Gasteiger partial charge < -0.3 is 15.0 Å². The number of halogens is 2. The lowest BCUT2D eigenvalue weighted by Gasteiger charge is -2.36. The van der Waals surface area contributed by atoms with Gasteiger partial charge in [-0.3, -0.25) is 9.52 Å². The van der Waals surface area contributed by atoms with Crippen molar-refractivity contribution >= 4 is 51.3 Å². The van der Waals surface area contributed by atoms with Gasteiger partial charge in [-0.15, -0.1) is 11.3 Å². The van der Waals surface area contributed by atoms with Crippen LogP contribution in [-0.2, 0) is 16.0 Å². The van der Waals surface area contributed by atoms with Gasteiger partial charge >= 0.3 is 6.03 Å². The van der Waals surface area contributed by atoms with Gasteiger partial charge in [0.2, 0.25) is 5.91 Å². The van der Waals surface area contributed by atoms with E-state index < -0.39 is 29.6 Å². The minimum Gasteiger partial charge on any atom is -0.379 e. The van der Waals surface area contributed by atoms with E-state index in [4.69, 9.17) is 4.74 Å². The Kier molecular flexibility index (Phi) is 7.61. The molecular formula is C22H23F2N5O3S2. The number of nitrogens with zero attached hydrogens (tertiary/aromatic N) is 3. The third-order valence-corrected chi connectivity index (χ3v) is 7.06. The molecule has 0 aliphatic carbocycles. The zero-order valence-electron chi connectivity index (χ0n) is 18.5. The first-order valence-corrected chi connectivity index (χ1v) is 12.0. The molecule has 1 aromatic heterocycles. The maximum Gasteiger partial charge on any atom is 0.326 e. The van der Waals surface area contributed by atoms with Crippen LogP contribution < -0.4 is 14.9 Å². The molecule has 0 radical (unpaired) electrons. The molecule has 0 unspecified atom stereocenters. The monoisotopic (exact) mass is 507 g/mol. The molecule has 1 aliphatic rings. The number of fused-ring (bicyclic) bond motifs is 1. The number of aromatic nitrogens is 1. The molecule has 2 heterocycles. The summed E-state index contributed by atoms with van der Waals surface area (Å²) in [5.74, 6) is -1.95. The number of carbonyl (C=O) groups is 2. The lowest BCUT2D eigenvalue weighted by atomic mass is 10.0. The number of carbonyl (C=O) groups excluding carboxylic acids is 2. The summed E-state index contributed by atoms with van der Waals surface area (Å²) < 4.78 is 38.2. The minimum atomic E-state index is -1.07. The summed E-state index contributed by atoms with van der Waals surface area (Å²) in [6.07, 6.45) is 0.0305. The van der Waals surface area contributed by atoms with Crippen molar-refractivity contribution in [1.82, 2.24) is 19.3 Å². The Balaban J connectivity index is 1.48. The molecule has 1 saturated heterocycles. The molecule has 8 nitrogen and oxygen atoms in total. The van der Waals surface area contributed by atoms with Gasteiger partial charge in [0.25, 0.3) is 0 Å². The van der Waals surface area contributed by atoms with Crippen LogP contribution in [0.1, 0.15) is 5.56 Å². The maximum absolute atomic E-state index is 13.7. The summed E-state index contributed by atoms with van der Waals surface area (Å²) in [4.78, 5) is 31.6. The molecule has 34 heavy (non-hydrogen) atoms. The van der Waals surface area contributed by atoms with Crippen LogP contribution in [0.5, 0.6) is 0 Å². The predicted octanol–water partition coefficient (Wildman–Crippen LogP) is 3.34. The summed E-state index contributed by atoms with van der Waals surface area (Å²) in [6, 6.07) is 6.80. The smallest absolute Gasteiger partial charge is 0.326 e. The summed E-state index contributed by atoms with van der Waals surface area (Å²) in [5, 5.41) is 2.64. The van der Waals surface area contributed by atoms with E-state index >= 15 is 0 Å². The number of urea groups is 1. The molecule has 3 aromatic rings. The van der Waals surface area contributed by atoms with Crippen molar-refractivity contribution < 1.29 is 23.1 Å². The Morgan fingerprint density at radius 2 is 2.00 bits per heavy atom. The van der Waals surface area contributed by atoms with E-state index in [2.05, 4.69) is 15.0 Å². The van der Waals surface area contributed by atoms with Crippen LogP contribution in [0.2, 0.25) is 0 Å². The van der Waals surface area contributed by atoms with Crippen molar-refractivity contribution in [2.75, 3.05) is 32.1 Å². The number of hydrogen-bond donors (Lipinski definition) is 2. The van der Waals surface area contributed by atoms with Crippen LogP contribution in [-0.4, -0.2) is 60.6 Å². The second-order valence-corrected chi connectivity index (χ2v) is 9.60. The van der Waals surface area contributed by atoms with E-state index in [1.165, 1.54) is 16.2 Å². The van der Waals surface area contributed by atoms with Gasteiger partial charge in [0.15, 0.2) is 0 Å². The number of thiazole rings is 1. The normalized spacial score (nSPS) is 15.1. The SMILES string of the molecule is COC1CN(SNC(=O)N[C@@H](Cc2cc(F)cc(F)c2)C(=O)N(C)c2ccc3scnc3c2)C1. The third kappa shape index (κ3) is 5.81. The van der Waals surface area contributed by atoms with Crippen molar-refractivity contribution in [1.29, 1.82) is 0 Å². The largest absolute Gasteiger partial charge is 0.379 e. The number of rotatable bonds is 8. The lowest BCUT2D eigenvalue weighted by Crippen LogP contribution is -2.53. The van der Waals surface area contributed by atoms with Crippen LogP contribution in [0.4, 0.5) is 19.3 Å². The highest BCUT2D eigenvalue weighted by molar-refractivity contribution is 7.95. The number of methoxy groups -OCH3 is 1.